The van der Waals surface area contributed by atoms with Crippen molar-refractivity contribution in [3.63, 3.8) is 0 Å². The van der Waals surface area contributed by atoms with Gasteiger partial charge in [-0.05, 0) is 49.9 Å². The number of hydrogen-bond acceptors (Lipinski definition) is 6. The monoisotopic (exact) mass is 396 g/mol. The predicted octanol–water partition coefficient (Wildman–Crippen LogP) is 3.63. The van der Waals surface area contributed by atoms with Crippen LogP contribution in [-0.2, 0) is 0 Å². The number of piperazine rings is 1. The molecular weight excluding hydrogens is 372 g/mol. The van der Waals surface area contributed by atoms with Gasteiger partial charge in [-0.2, -0.15) is 0 Å². The normalized spacial score (nSPS) is 16.8. The second kappa shape index (κ2) is 8.26. The number of aryl methyl sites for hydroxylation is 1. The lowest BCUT2D eigenvalue weighted by Gasteiger charge is -2.38. The lowest BCUT2D eigenvalue weighted by Crippen LogP contribution is -2.46. The highest BCUT2D eigenvalue weighted by Crippen LogP contribution is 2.39. The molecule has 0 aliphatic carbocycles. The minimum absolute atomic E-state index is 0.0774. The van der Waals surface area contributed by atoms with Gasteiger partial charge < -0.3 is 14.6 Å². The number of carbonyl (C=O) groups excluding carboxylic acids is 1. The number of aromatic nitrogens is 1. The number of furan rings is 1. The van der Waals surface area contributed by atoms with Crippen LogP contribution in [-0.4, -0.2) is 53.9 Å². The van der Waals surface area contributed by atoms with Crippen LogP contribution in [0.5, 0.6) is 0 Å². The van der Waals surface area contributed by atoms with E-state index in [0.29, 0.717) is 5.76 Å². The van der Waals surface area contributed by atoms with Crippen molar-refractivity contribution in [3.8, 4) is 0 Å². The molecule has 1 atom stereocenters. The molecule has 1 aliphatic heterocycles. The van der Waals surface area contributed by atoms with E-state index in [0.717, 1.165) is 41.6 Å². The van der Waals surface area contributed by atoms with Gasteiger partial charge in [-0.1, -0.05) is 0 Å². The Kier molecular flexibility index (Phi) is 5.57. The van der Waals surface area contributed by atoms with Crippen LogP contribution in [0.15, 0.2) is 53.4 Å². The van der Waals surface area contributed by atoms with Crippen LogP contribution in [0.4, 0.5) is 5.00 Å². The molecule has 7 heteroatoms. The molecule has 3 aromatic rings. The molecule has 1 saturated heterocycles. The molecule has 0 bridgehead atoms. The van der Waals surface area contributed by atoms with Crippen molar-refractivity contribution in [1.82, 2.24) is 14.8 Å². The Labute approximate surface area is 168 Å². The molecule has 0 spiro atoms. The van der Waals surface area contributed by atoms with Gasteiger partial charge in [0.2, 0.25) is 0 Å². The molecule has 0 unspecified atom stereocenters. The third kappa shape index (κ3) is 4.01. The first kappa shape index (κ1) is 18.9. The summed E-state index contributed by atoms with van der Waals surface area (Å²) in [7, 11) is 2.16. The summed E-state index contributed by atoms with van der Waals surface area (Å²) >= 11 is 1.60. The number of hydrogen-bond donors (Lipinski definition) is 1. The summed E-state index contributed by atoms with van der Waals surface area (Å²) in [6, 6.07) is 9.79. The number of carbonyl (C=O) groups is 1. The highest BCUT2D eigenvalue weighted by atomic mass is 32.1. The Morgan fingerprint density at radius 3 is 2.64 bits per heavy atom. The molecule has 3 aromatic heterocycles. The van der Waals surface area contributed by atoms with Crippen molar-refractivity contribution < 1.29 is 9.21 Å². The van der Waals surface area contributed by atoms with Crippen LogP contribution in [0.3, 0.4) is 0 Å². The van der Waals surface area contributed by atoms with E-state index in [1.807, 2.05) is 12.4 Å². The highest BCUT2D eigenvalue weighted by molar-refractivity contribution is 7.16. The Hall–Kier alpha value is -2.48. The van der Waals surface area contributed by atoms with Gasteiger partial charge in [0, 0.05) is 49.0 Å². The van der Waals surface area contributed by atoms with E-state index < -0.39 is 0 Å². The number of likely N-dealkylation sites (N-methyl/N-ethyl adjacent to an activating group) is 1. The largest absolute Gasteiger partial charge is 0.459 e. The molecule has 1 aliphatic rings. The number of amides is 1. The van der Waals surface area contributed by atoms with Crippen molar-refractivity contribution in [1.29, 1.82) is 0 Å². The fraction of sp³-hybridized carbons (Fsp3) is 0.333. The lowest BCUT2D eigenvalue weighted by molar-refractivity contribution is 0.0996. The van der Waals surface area contributed by atoms with Crippen LogP contribution in [0, 0.1) is 6.92 Å². The van der Waals surface area contributed by atoms with Crippen molar-refractivity contribution >= 4 is 22.2 Å². The second-order valence-corrected chi connectivity index (χ2v) is 8.35. The average molecular weight is 397 g/mol. The lowest BCUT2D eigenvalue weighted by atomic mass is 9.98. The standard InChI is InChI=1S/C21H24N4O2S/c1-15-14-17(21(28-15)23-20(26)18-4-3-13-27-18)19(16-5-7-22-8-6-16)25-11-9-24(2)10-12-25/h3-8,13-14,19H,9-12H2,1-2H3,(H,23,26)/t19-/m0/s1. The maximum absolute atomic E-state index is 12.6. The number of nitrogens with zero attached hydrogens (tertiary/aromatic N) is 3. The maximum Gasteiger partial charge on any atom is 0.291 e. The molecule has 0 saturated carbocycles. The topological polar surface area (TPSA) is 61.6 Å². The Morgan fingerprint density at radius 2 is 1.96 bits per heavy atom. The first-order valence-electron chi connectivity index (χ1n) is 9.39. The smallest absolute Gasteiger partial charge is 0.291 e. The van der Waals surface area contributed by atoms with Gasteiger partial charge in [-0.3, -0.25) is 14.7 Å². The number of nitrogens with one attached hydrogen (secondary N) is 1. The predicted molar refractivity (Wildman–Crippen MR) is 111 cm³/mol. The van der Waals surface area contributed by atoms with Gasteiger partial charge >= 0.3 is 0 Å². The molecule has 1 N–H and O–H groups in total. The summed E-state index contributed by atoms with van der Waals surface area (Å²) in [5, 5.41) is 3.94. The Bertz CT molecular complexity index is 915. The van der Waals surface area contributed by atoms with Crippen LogP contribution in [0.2, 0.25) is 0 Å². The van der Waals surface area contributed by atoms with Crippen molar-refractivity contribution in [3.05, 3.63) is 70.8 Å². The first-order valence-corrected chi connectivity index (χ1v) is 10.2. The molecule has 146 valence electrons. The number of anilines is 1. The van der Waals surface area contributed by atoms with Gasteiger partial charge in [-0.15, -0.1) is 11.3 Å². The van der Waals surface area contributed by atoms with E-state index in [9.17, 15) is 4.79 Å². The SMILES string of the molecule is Cc1cc([C@H](c2ccncc2)N2CCN(C)CC2)c(NC(=O)c2ccco2)s1. The maximum atomic E-state index is 12.6. The third-order valence-corrected chi connectivity index (χ3v) is 6.06. The van der Waals surface area contributed by atoms with Crippen molar-refractivity contribution in [2.24, 2.45) is 0 Å². The van der Waals surface area contributed by atoms with E-state index in [4.69, 9.17) is 4.42 Å². The zero-order valence-corrected chi connectivity index (χ0v) is 16.9. The molecule has 1 fully saturated rings. The van der Waals surface area contributed by atoms with Gasteiger partial charge in [0.1, 0.15) is 5.00 Å². The van der Waals surface area contributed by atoms with Crippen LogP contribution < -0.4 is 5.32 Å². The summed E-state index contributed by atoms with van der Waals surface area (Å²) in [5.74, 6) is 0.0945. The van der Waals surface area contributed by atoms with Gasteiger partial charge in [0.25, 0.3) is 5.91 Å². The van der Waals surface area contributed by atoms with Crippen molar-refractivity contribution in [2.45, 2.75) is 13.0 Å². The summed E-state index contributed by atoms with van der Waals surface area (Å²) in [6.45, 7) is 6.08. The van der Waals surface area contributed by atoms with E-state index >= 15 is 0 Å². The molecule has 28 heavy (non-hydrogen) atoms. The van der Waals surface area contributed by atoms with E-state index in [-0.39, 0.29) is 11.9 Å². The Morgan fingerprint density at radius 1 is 1.21 bits per heavy atom. The van der Waals surface area contributed by atoms with Crippen LogP contribution in [0.1, 0.15) is 32.6 Å². The molecule has 1 amide bonds. The fourth-order valence-electron chi connectivity index (χ4n) is 3.62. The average Bonchev–Trinajstić information content (AvgIpc) is 3.35. The molecule has 4 heterocycles. The van der Waals surface area contributed by atoms with Gasteiger partial charge in [0.15, 0.2) is 5.76 Å². The van der Waals surface area contributed by atoms with Crippen LogP contribution in [0.25, 0.3) is 0 Å². The third-order valence-electron chi connectivity index (χ3n) is 5.08. The zero-order valence-electron chi connectivity index (χ0n) is 16.1. The zero-order chi connectivity index (χ0) is 19.5. The number of pyridine rings is 1. The minimum Gasteiger partial charge on any atom is -0.459 e. The van der Waals surface area contributed by atoms with Gasteiger partial charge in [-0.25, -0.2) is 0 Å². The Balaban J connectivity index is 1.69. The van der Waals surface area contributed by atoms with E-state index in [1.165, 1.54) is 11.8 Å². The summed E-state index contributed by atoms with van der Waals surface area (Å²) in [5.41, 5.74) is 2.31. The summed E-state index contributed by atoms with van der Waals surface area (Å²) < 4.78 is 5.26. The molecular formula is C21H24N4O2S. The second-order valence-electron chi connectivity index (χ2n) is 7.10. The first-order chi connectivity index (χ1) is 13.6. The minimum atomic E-state index is -0.222. The molecule has 0 radical (unpaired) electrons. The molecule has 0 aromatic carbocycles. The van der Waals surface area contributed by atoms with Crippen molar-refractivity contribution in [2.75, 3.05) is 38.5 Å². The fourth-order valence-corrected chi connectivity index (χ4v) is 4.56. The quantitative estimate of drug-likeness (QED) is 0.714. The van der Waals surface area contributed by atoms with E-state index in [2.05, 4.69) is 52.3 Å². The molecule has 4 rings (SSSR count). The summed E-state index contributed by atoms with van der Waals surface area (Å²) in [6.07, 6.45) is 5.18. The van der Waals surface area contributed by atoms with Gasteiger partial charge in [0.05, 0.1) is 12.3 Å². The highest BCUT2D eigenvalue weighted by Gasteiger charge is 2.29. The number of thiophene rings is 1. The molecule has 6 nitrogen and oxygen atoms in total. The van der Waals surface area contributed by atoms with Crippen LogP contribution >= 0.6 is 11.3 Å². The summed E-state index contributed by atoms with van der Waals surface area (Å²) in [4.78, 5) is 22.8. The van der Waals surface area contributed by atoms with E-state index in [1.54, 1.807) is 23.5 Å². The number of rotatable bonds is 5.